The van der Waals surface area contributed by atoms with Crippen LogP contribution in [0.5, 0.6) is 5.75 Å². The zero-order valence-corrected chi connectivity index (χ0v) is 12.2. The SMILES string of the molecule is COc1ccc(Cn2cc(NC(=O)[C@@H]3C[C@H]3C)cn2)cc1. The molecule has 1 N–H and O–H groups in total. The number of nitrogens with one attached hydrogen (secondary N) is 1. The van der Waals surface area contributed by atoms with Crippen LogP contribution < -0.4 is 10.1 Å². The predicted octanol–water partition coefficient (Wildman–Crippen LogP) is 2.53. The molecule has 3 rings (SSSR count). The van der Waals surface area contributed by atoms with Gasteiger partial charge < -0.3 is 10.1 Å². The van der Waals surface area contributed by atoms with Crippen LogP contribution in [0.15, 0.2) is 36.7 Å². The number of benzene rings is 1. The number of hydrogen-bond donors (Lipinski definition) is 1. The van der Waals surface area contributed by atoms with Crippen molar-refractivity contribution in [1.29, 1.82) is 0 Å². The molecule has 0 aliphatic heterocycles. The maximum absolute atomic E-state index is 11.9. The lowest BCUT2D eigenvalue weighted by atomic mass is 10.2. The monoisotopic (exact) mass is 285 g/mol. The fraction of sp³-hybridized carbons (Fsp3) is 0.375. The Bertz CT molecular complexity index is 633. The Hall–Kier alpha value is -2.30. The van der Waals surface area contributed by atoms with Crippen LogP contribution in [-0.4, -0.2) is 22.8 Å². The first-order chi connectivity index (χ1) is 10.2. The Morgan fingerprint density at radius 1 is 1.43 bits per heavy atom. The quantitative estimate of drug-likeness (QED) is 0.918. The van der Waals surface area contributed by atoms with E-state index in [1.165, 1.54) is 0 Å². The molecular formula is C16H19N3O2. The Kier molecular flexibility index (Phi) is 3.64. The van der Waals surface area contributed by atoms with Crippen molar-refractivity contribution in [2.45, 2.75) is 19.9 Å². The number of methoxy groups -OCH3 is 1. The summed E-state index contributed by atoms with van der Waals surface area (Å²) in [6.45, 7) is 2.76. The van der Waals surface area contributed by atoms with E-state index in [2.05, 4.69) is 17.3 Å². The largest absolute Gasteiger partial charge is 0.497 e. The fourth-order valence-electron chi connectivity index (χ4n) is 2.35. The van der Waals surface area contributed by atoms with Gasteiger partial charge in [0.25, 0.3) is 0 Å². The van der Waals surface area contributed by atoms with Crippen LogP contribution in [0.25, 0.3) is 0 Å². The van der Waals surface area contributed by atoms with Crippen molar-refractivity contribution in [1.82, 2.24) is 9.78 Å². The first-order valence-corrected chi connectivity index (χ1v) is 7.12. The van der Waals surface area contributed by atoms with Crippen molar-refractivity contribution in [2.24, 2.45) is 11.8 Å². The average Bonchev–Trinajstić information content (AvgIpc) is 3.07. The molecule has 5 heteroatoms. The van der Waals surface area contributed by atoms with E-state index in [9.17, 15) is 4.79 Å². The summed E-state index contributed by atoms with van der Waals surface area (Å²) in [7, 11) is 1.65. The molecule has 0 unspecified atom stereocenters. The van der Waals surface area contributed by atoms with E-state index in [0.717, 1.165) is 23.4 Å². The molecule has 1 fully saturated rings. The molecule has 2 aromatic rings. The van der Waals surface area contributed by atoms with Gasteiger partial charge >= 0.3 is 0 Å². The predicted molar refractivity (Wildman–Crippen MR) is 80.2 cm³/mol. The van der Waals surface area contributed by atoms with Gasteiger partial charge in [-0.2, -0.15) is 5.10 Å². The normalized spacial score (nSPS) is 20.1. The van der Waals surface area contributed by atoms with Crippen molar-refractivity contribution >= 4 is 11.6 Å². The molecule has 1 aliphatic rings. The molecule has 110 valence electrons. The highest BCUT2D eigenvalue weighted by molar-refractivity contribution is 5.94. The highest BCUT2D eigenvalue weighted by Crippen LogP contribution is 2.38. The summed E-state index contributed by atoms with van der Waals surface area (Å²) < 4.78 is 6.95. The summed E-state index contributed by atoms with van der Waals surface area (Å²) in [6, 6.07) is 7.86. The highest BCUT2D eigenvalue weighted by Gasteiger charge is 2.39. The van der Waals surface area contributed by atoms with E-state index in [1.54, 1.807) is 13.3 Å². The van der Waals surface area contributed by atoms with Crippen LogP contribution in [0.4, 0.5) is 5.69 Å². The Balaban J connectivity index is 1.60. The van der Waals surface area contributed by atoms with Gasteiger partial charge in [0, 0.05) is 12.1 Å². The van der Waals surface area contributed by atoms with E-state index in [-0.39, 0.29) is 11.8 Å². The van der Waals surface area contributed by atoms with Crippen molar-refractivity contribution in [2.75, 3.05) is 12.4 Å². The van der Waals surface area contributed by atoms with Gasteiger partial charge in [-0.25, -0.2) is 0 Å². The van der Waals surface area contributed by atoms with Crippen LogP contribution in [0, 0.1) is 11.8 Å². The summed E-state index contributed by atoms with van der Waals surface area (Å²) in [4.78, 5) is 11.9. The molecule has 0 saturated heterocycles. The van der Waals surface area contributed by atoms with Crippen LogP contribution in [0.1, 0.15) is 18.9 Å². The molecule has 21 heavy (non-hydrogen) atoms. The van der Waals surface area contributed by atoms with Gasteiger partial charge in [-0.05, 0) is 30.0 Å². The number of carbonyl (C=O) groups excluding carboxylic acids is 1. The molecule has 1 aliphatic carbocycles. The maximum Gasteiger partial charge on any atom is 0.227 e. The lowest BCUT2D eigenvalue weighted by Gasteiger charge is -2.04. The lowest BCUT2D eigenvalue weighted by molar-refractivity contribution is -0.117. The molecule has 5 nitrogen and oxygen atoms in total. The number of ether oxygens (including phenoxy) is 1. The summed E-state index contributed by atoms with van der Waals surface area (Å²) >= 11 is 0. The van der Waals surface area contributed by atoms with Crippen LogP contribution in [-0.2, 0) is 11.3 Å². The molecule has 0 bridgehead atoms. The average molecular weight is 285 g/mol. The second-order valence-electron chi connectivity index (χ2n) is 5.58. The standard InChI is InChI=1S/C16H19N3O2/c1-11-7-15(11)16(20)18-13-8-17-19(10-13)9-12-3-5-14(21-2)6-4-12/h3-6,8,10-11,15H,7,9H2,1-2H3,(H,18,20)/t11-,15-/m1/s1. The zero-order valence-electron chi connectivity index (χ0n) is 12.2. The first-order valence-electron chi connectivity index (χ1n) is 7.12. The van der Waals surface area contributed by atoms with E-state index in [1.807, 2.05) is 35.1 Å². The molecule has 1 amide bonds. The second-order valence-corrected chi connectivity index (χ2v) is 5.58. The topological polar surface area (TPSA) is 56.1 Å². The van der Waals surface area contributed by atoms with E-state index in [4.69, 9.17) is 4.74 Å². The molecular weight excluding hydrogens is 266 g/mol. The maximum atomic E-state index is 11.9. The van der Waals surface area contributed by atoms with E-state index in [0.29, 0.717) is 12.5 Å². The molecule has 1 aromatic carbocycles. The van der Waals surface area contributed by atoms with Gasteiger partial charge in [-0.15, -0.1) is 0 Å². The smallest absolute Gasteiger partial charge is 0.227 e. The van der Waals surface area contributed by atoms with Crippen LogP contribution in [0.3, 0.4) is 0 Å². The minimum absolute atomic E-state index is 0.103. The minimum Gasteiger partial charge on any atom is -0.497 e. The van der Waals surface area contributed by atoms with Gasteiger partial charge in [0.2, 0.25) is 5.91 Å². The third-order valence-electron chi connectivity index (χ3n) is 3.85. The molecule has 0 radical (unpaired) electrons. The Morgan fingerprint density at radius 3 is 2.76 bits per heavy atom. The number of nitrogens with zero attached hydrogens (tertiary/aromatic N) is 2. The van der Waals surface area contributed by atoms with Crippen LogP contribution in [0.2, 0.25) is 0 Å². The van der Waals surface area contributed by atoms with Gasteiger partial charge in [-0.1, -0.05) is 19.1 Å². The van der Waals surface area contributed by atoms with Crippen molar-refractivity contribution in [3.8, 4) is 5.75 Å². The summed E-state index contributed by atoms with van der Waals surface area (Å²) in [5, 5.41) is 7.19. The molecule has 1 saturated carbocycles. The van der Waals surface area contributed by atoms with Gasteiger partial charge in [0.1, 0.15) is 5.75 Å². The number of aromatic nitrogens is 2. The molecule has 2 atom stereocenters. The minimum atomic E-state index is 0.103. The van der Waals surface area contributed by atoms with Gasteiger partial charge in [-0.3, -0.25) is 9.48 Å². The number of rotatable bonds is 5. The van der Waals surface area contributed by atoms with Gasteiger partial charge in [0.15, 0.2) is 0 Å². The zero-order chi connectivity index (χ0) is 14.8. The molecule has 1 aromatic heterocycles. The van der Waals surface area contributed by atoms with Crippen molar-refractivity contribution in [3.05, 3.63) is 42.2 Å². The van der Waals surface area contributed by atoms with Gasteiger partial charge in [0.05, 0.1) is 25.5 Å². The summed E-state index contributed by atoms with van der Waals surface area (Å²) in [5.41, 5.74) is 1.89. The first kappa shape index (κ1) is 13.7. The van der Waals surface area contributed by atoms with Crippen molar-refractivity contribution in [3.63, 3.8) is 0 Å². The number of hydrogen-bond acceptors (Lipinski definition) is 3. The second kappa shape index (κ2) is 5.60. The molecule has 0 spiro atoms. The highest BCUT2D eigenvalue weighted by atomic mass is 16.5. The third-order valence-corrected chi connectivity index (χ3v) is 3.85. The molecule has 1 heterocycles. The number of anilines is 1. The summed E-state index contributed by atoms with van der Waals surface area (Å²) in [6.07, 6.45) is 4.54. The van der Waals surface area contributed by atoms with E-state index < -0.39 is 0 Å². The lowest BCUT2D eigenvalue weighted by Crippen LogP contribution is -2.13. The third kappa shape index (κ3) is 3.24. The number of amides is 1. The van der Waals surface area contributed by atoms with Crippen LogP contribution >= 0.6 is 0 Å². The Morgan fingerprint density at radius 2 is 2.14 bits per heavy atom. The fourth-order valence-corrected chi connectivity index (χ4v) is 2.35. The van der Waals surface area contributed by atoms with E-state index >= 15 is 0 Å². The van der Waals surface area contributed by atoms with Crippen molar-refractivity contribution < 1.29 is 9.53 Å². The Labute approximate surface area is 123 Å². The summed E-state index contributed by atoms with van der Waals surface area (Å²) in [5.74, 6) is 1.63. The number of carbonyl (C=O) groups is 1.